The van der Waals surface area contributed by atoms with Crippen molar-refractivity contribution in [3.05, 3.63) is 0 Å². The third-order valence-corrected chi connectivity index (χ3v) is 2.09. The van der Waals surface area contributed by atoms with Gasteiger partial charge in [0.05, 0.1) is 6.54 Å². The van der Waals surface area contributed by atoms with E-state index in [1.807, 2.05) is 0 Å². The third kappa shape index (κ3) is 2.16. The molecule has 1 saturated carbocycles. The Morgan fingerprint density at radius 3 is 2.83 bits per heavy atom. The number of nitrogens with one attached hydrogen (secondary N) is 1. The van der Waals surface area contributed by atoms with Crippen molar-refractivity contribution >= 4 is 6.03 Å². The zero-order valence-electron chi connectivity index (χ0n) is 7.50. The monoisotopic (exact) mass is 166 g/mol. The van der Waals surface area contributed by atoms with Crippen molar-refractivity contribution in [1.29, 1.82) is 0 Å². The van der Waals surface area contributed by atoms with Crippen LogP contribution in [0.25, 0.3) is 0 Å². The molecule has 0 aromatic heterocycles. The average molecular weight is 166 g/mol. The first-order valence-electron chi connectivity index (χ1n) is 4.10. The normalized spacial score (nSPS) is 25.8. The number of urea groups is 1. The molecule has 1 aliphatic carbocycles. The molecule has 66 valence electrons. The maximum atomic E-state index is 11.2. The summed E-state index contributed by atoms with van der Waals surface area (Å²) in [5, 5.41) is 2.88. The zero-order valence-corrected chi connectivity index (χ0v) is 7.50. The third-order valence-electron chi connectivity index (χ3n) is 2.09. The van der Waals surface area contributed by atoms with Gasteiger partial charge in [-0.1, -0.05) is 12.8 Å². The maximum Gasteiger partial charge on any atom is 0.318 e. The lowest BCUT2D eigenvalue weighted by Crippen LogP contribution is -2.39. The van der Waals surface area contributed by atoms with Crippen molar-refractivity contribution in [2.45, 2.75) is 19.4 Å². The summed E-state index contributed by atoms with van der Waals surface area (Å²) < 4.78 is 0. The van der Waals surface area contributed by atoms with E-state index in [0.717, 1.165) is 6.42 Å². The molecule has 2 amide bonds. The van der Waals surface area contributed by atoms with Crippen LogP contribution < -0.4 is 5.32 Å². The van der Waals surface area contributed by atoms with Gasteiger partial charge in [0, 0.05) is 13.1 Å². The molecule has 0 saturated heterocycles. The molecule has 0 aromatic rings. The van der Waals surface area contributed by atoms with Crippen LogP contribution in [0.4, 0.5) is 4.79 Å². The van der Waals surface area contributed by atoms with Crippen LogP contribution in [-0.4, -0.2) is 30.6 Å². The van der Waals surface area contributed by atoms with Crippen LogP contribution in [0.5, 0.6) is 0 Å². The Morgan fingerprint density at radius 1 is 1.83 bits per heavy atom. The molecule has 1 N–H and O–H groups in total. The van der Waals surface area contributed by atoms with Gasteiger partial charge in [-0.3, -0.25) is 0 Å². The summed E-state index contributed by atoms with van der Waals surface area (Å²) in [6.07, 6.45) is 6.16. The van der Waals surface area contributed by atoms with Crippen LogP contribution in [0.15, 0.2) is 0 Å². The van der Waals surface area contributed by atoms with Crippen molar-refractivity contribution in [1.82, 2.24) is 10.2 Å². The quantitative estimate of drug-likeness (QED) is 0.601. The van der Waals surface area contributed by atoms with E-state index < -0.39 is 0 Å². The maximum absolute atomic E-state index is 11.2. The largest absolute Gasteiger partial charge is 0.335 e. The molecule has 1 rings (SSSR count). The lowest BCUT2D eigenvalue weighted by Gasteiger charge is -2.14. The zero-order chi connectivity index (χ0) is 9.14. The van der Waals surface area contributed by atoms with E-state index >= 15 is 0 Å². The summed E-state index contributed by atoms with van der Waals surface area (Å²) in [6.45, 7) is 2.49. The van der Waals surface area contributed by atoms with E-state index in [2.05, 4.69) is 18.2 Å². The number of carbonyl (C=O) groups excluding carboxylic acids is 1. The summed E-state index contributed by atoms with van der Waals surface area (Å²) in [6, 6.07) is 0.306. The molecule has 0 spiro atoms. The van der Waals surface area contributed by atoms with Gasteiger partial charge in [0.25, 0.3) is 0 Å². The SMILES string of the molecule is C#CCN(C)C(=O)N[C@@H]1C[C@H]1C. The predicted octanol–water partition coefficient (Wildman–Crippen LogP) is 0.669. The van der Waals surface area contributed by atoms with Crippen molar-refractivity contribution in [2.24, 2.45) is 5.92 Å². The van der Waals surface area contributed by atoms with E-state index in [1.165, 1.54) is 4.90 Å². The highest BCUT2D eigenvalue weighted by Crippen LogP contribution is 2.28. The Hall–Kier alpha value is -1.17. The van der Waals surface area contributed by atoms with Gasteiger partial charge in [-0.25, -0.2) is 4.79 Å². The summed E-state index contributed by atoms with van der Waals surface area (Å²) in [7, 11) is 1.70. The molecule has 12 heavy (non-hydrogen) atoms. The second kappa shape index (κ2) is 3.48. The van der Waals surface area contributed by atoms with Gasteiger partial charge in [-0.2, -0.15) is 0 Å². The highest BCUT2D eigenvalue weighted by atomic mass is 16.2. The molecule has 0 unspecified atom stereocenters. The first kappa shape index (κ1) is 8.92. The molecule has 3 heteroatoms. The first-order chi connectivity index (χ1) is 5.65. The van der Waals surface area contributed by atoms with E-state index in [1.54, 1.807) is 7.05 Å². The van der Waals surface area contributed by atoms with Crippen molar-refractivity contribution in [2.75, 3.05) is 13.6 Å². The number of carbonyl (C=O) groups is 1. The van der Waals surface area contributed by atoms with E-state index in [-0.39, 0.29) is 6.03 Å². The Labute approximate surface area is 73.1 Å². The fourth-order valence-corrected chi connectivity index (χ4v) is 1.00. The highest BCUT2D eigenvalue weighted by Gasteiger charge is 2.34. The molecule has 1 aliphatic rings. The smallest absolute Gasteiger partial charge is 0.318 e. The molecule has 0 aliphatic heterocycles. The minimum atomic E-state index is -0.0673. The average Bonchev–Trinajstić information content (AvgIpc) is 2.67. The minimum Gasteiger partial charge on any atom is -0.335 e. The van der Waals surface area contributed by atoms with Crippen LogP contribution in [-0.2, 0) is 0 Å². The standard InChI is InChI=1S/C9H14N2O/c1-4-5-11(3)9(12)10-8-6-7(8)2/h1,7-8H,5-6H2,2-3H3,(H,10,12)/t7-,8-/m1/s1. The summed E-state index contributed by atoms with van der Waals surface area (Å²) >= 11 is 0. The fourth-order valence-electron chi connectivity index (χ4n) is 1.00. The molecule has 0 bridgehead atoms. The van der Waals surface area contributed by atoms with Crippen LogP contribution in [0.1, 0.15) is 13.3 Å². The van der Waals surface area contributed by atoms with Gasteiger partial charge < -0.3 is 10.2 Å². The fraction of sp³-hybridized carbons (Fsp3) is 0.667. The molecule has 0 aromatic carbocycles. The Morgan fingerprint density at radius 2 is 2.42 bits per heavy atom. The minimum absolute atomic E-state index is 0.0673. The molecule has 1 fully saturated rings. The number of hydrogen-bond donors (Lipinski definition) is 1. The van der Waals surface area contributed by atoms with E-state index in [0.29, 0.717) is 18.5 Å². The van der Waals surface area contributed by atoms with E-state index in [4.69, 9.17) is 6.42 Å². The lowest BCUT2D eigenvalue weighted by atomic mass is 10.5. The summed E-state index contributed by atoms with van der Waals surface area (Å²) in [5.74, 6) is 3.05. The van der Waals surface area contributed by atoms with Crippen molar-refractivity contribution < 1.29 is 4.79 Å². The number of rotatable bonds is 2. The number of amides is 2. The number of nitrogens with zero attached hydrogens (tertiary/aromatic N) is 1. The Bertz CT molecular complexity index is 219. The van der Waals surface area contributed by atoms with Gasteiger partial charge in [0.1, 0.15) is 0 Å². The van der Waals surface area contributed by atoms with Crippen LogP contribution in [0.2, 0.25) is 0 Å². The predicted molar refractivity (Wildman–Crippen MR) is 47.6 cm³/mol. The number of hydrogen-bond acceptors (Lipinski definition) is 1. The van der Waals surface area contributed by atoms with Crippen molar-refractivity contribution in [3.8, 4) is 12.3 Å². The summed E-state index contributed by atoms with van der Waals surface area (Å²) in [4.78, 5) is 12.8. The molecule has 0 radical (unpaired) electrons. The first-order valence-corrected chi connectivity index (χ1v) is 4.10. The molecule has 3 nitrogen and oxygen atoms in total. The molecule has 0 heterocycles. The van der Waals surface area contributed by atoms with Gasteiger partial charge in [-0.15, -0.1) is 6.42 Å². The molecular weight excluding hydrogens is 152 g/mol. The van der Waals surface area contributed by atoms with E-state index in [9.17, 15) is 4.79 Å². The topological polar surface area (TPSA) is 32.3 Å². The second-order valence-corrected chi connectivity index (χ2v) is 3.33. The summed E-state index contributed by atoms with van der Waals surface area (Å²) in [5.41, 5.74) is 0. The van der Waals surface area contributed by atoms with Gasteiger partial charge >= 0.3 is 6.03 Å². The van der Waals surface area contributed by atoms with Gasteiger partial charge in [0.2, 0.25) is 0 Å². The van der Waals surface area contributed by atoms with Crippen LogP contribution in [0.3, 0.4) is 0 Å². The molecule has 2 atom stereocenters. The Kier molecular flexibility index (Phi) is 2.59. The van der Waals surface area contributed by atoms with Crippen LogP contribution in [0, 0.1) is 18.3 Å². The Balaban J connectivity index is 2.24. The second-order valence-electron chi connectivity index (χ2n) is 3.33. The highest BCUT2D eigenvalue weighted by molar-refractivity contribution is 5.74. The molecular formula is C9H14N2O. The number of terminal acetylenes is 1. The van der Waals surface area contributed by atoms with Crippen LogP contribution >= 0.6 is 0 Å². The van der Waals surface area contributed by atoms with Gasteiger partial charge in [-0.05, 0) is 12.3 Å². The lowest BCUT2D eigenvalue weighted by molar-refractivity contribution is 0.213. The van der Waals surface area contributed by atoms with Gasteiger partial charge in [0.15, 0.2) is 0 Å². The van der Waals surface area contributed by atoms with Crippen molar-refractivity contribution in [3.63, 3.8) is 0 Å².